The Morgan fingerprint density at radius 1 is 1.39 bits per heavy atom. The van der Waals surface area contributed by atoms with Gasteiger partial charge in [-0.05, 0) is 24.5 Å². The number of nitrogens with one attached hydrogen (secondary N) is 2. The van der Waals surface area contributed by atoms with Gasteiger partial charge in [-0.2, -0.15) is 0 Å². The standard InChI is InChI=1S/C14H19N3O5S/c1-9-7-11(9)14(18)16-6-5-15-12-4-3-10(23(2,21)22)8-13(12)17(19)20/h3-4,8-9,11,15H,5-7H2,1-2H3,(H,16,18)/t9-,11+/m1/s1. The van der Waals surface area contributed by atoms with Crippen LogP contribution in [-0.2, 0) is 14.6 Å². The second kappa shape index (κ2) is 6.53. The van der Waals surface area contributed by atoms with Crippen LogP contribution in [0.4, 0.5) is 11.4 Å². The lowest BCUT2D eigenvalue weighted by Crippen LogP contribution is -2.30. The molecule has 0 bridgehead atoms. The summed E-state index contributed by atoms with van der Waals surface area (Å²) in [5.41, 5.74) is -0.0912. The van der Waals surface area contributed by atoms with E-state index in [1.165, 1.54) is 12.1 Å². The summed E-state index contributed by atoms with van der Waals surface area (Å²) in [5, 5.41) is 16.7. The molecule has 0 aromatic heterocycles. The number of carbonyl (C=O) groups excluding carboxylic acids is 1. The number of hydrogen-bond acceptors (Lipinski definition) is 6. The number of anilines is 1. The van der Waals surface area contributed by atoms with Crippen LogP contribution in [0.15, 0.2) is 23.1 Å². The average Bonchev–Trinajstić information content (AvgIpc) is 3.19. The molecule has 1 amide bonds. The molecular formula is C14H19N3O5S. The number of sulfone groups is 1. The zero-order valence-corrected chi connectivity index (χ0v) is 13.7. The molecule has 0 aliphatic heterocycles. The summed E-state index contributed by atoms with van der Waals surface area (Å²) in [6.45, 7) is 2.66. The number of hydrogen-bond donors (Lipinski definition) is 2. The third-order valence-electron chi connectivity index (χ3n) is 3.78. The minimum atomic E-state index is -3.51. The molecule has 0 saturated heterocycles. The van der Waals surface area contributed by atoms with Gasteiger partial charge in [0.05, 0.1) is 9.82 Å². The molecule has 0 spiro atoms. The van der Waals surface area contributed by atoms with Gasteiger partial charge < -0.3 is 10.6 Å². The molecule has 2 N–H and O–H groups in total. The molecule has 2 atom stereocenters. The minimum absolute atomic E-state index is 0.00113. The van der Waals surface area contributed by atoms with Crippen LogP contribution < -0.4 is 10.6 Å². The molecule has 0 radical (unpaired) electrons. The van der Waals surface area contributed by atoms with Crippen LogP contribution in [0.3, 0.4) is 0 Å². The summed E-state index contributed by atoms with van der Waals surface area (Å²) in [4.78, 5) is 22.0. The Hall–Kier alpha value is -2.16. The predicted molar refractivity (Wildman–Crippen MR) is 85.0 cm³/mol. The molecule has 0 unspecified atom stereocenters. The molecule has 1 aliphatic rings. The molecule has 1 aliphatic carbocycles. The first-order valence-electron chi connectivity index (χ1n) is 7.20. The molecule has 9 heteroatoms. The van der Waals surface area contributed by atoms with Crippen LogP contribution in [0, 0.1) is 22.0 Å². The maximum Gasteiger partial charge on any atom is 0.293 e. The molecule has 23 heavy (non-hydrogen) atoms. The van der Waals surface area contributed by atoms with E-state index in [1.807, 2.05) is 6.92 Å². The normalized spacial score (nSPS) is 19.9. The van der Waals surface area contributed by atoms with Crippen molar-refractivity contribution in [2.75, 3.05) is 24.7 Å². The van der Waals surface area contributed by atoms with Gasteiger partial charge in [0, 0.05) is 31.3 Å². The molecule has 126 valence electrons. The molecule has 8 nitrogen and oxygen atoms in total. The Bertz CT molecular complexity index is 732. The van der Waals surface area contributed by atoms with Gasteiger partial charge >= 0.3 is 0 Å². The largest absolute Gasteiger partial charge is 0.378 e. The minimum Gasteiger partial charge on any atom is -0.378 e. The van der Waals surface area contributed by atoms with E-state index in [9.17, 15) is 23.3 Å². The van der Waals surface area contributed by atoms with Crippen molar-refractivity contribution in [2.45, 2.75) is 18.2 Å². The number of nitro benzene ring substituents is 1. The lowest BCUT2D eigenvalue weighted by atomic mass is 10.2. The fourth-order valence-electron chi connectivity index (χ4n) is 2.24. The summed E-state index contributed by atoms with van der Waals surface area (Å²) in [7, 11) is -3.51. The van der Waals surface area contributed by atoms with Crippen molar-refractivity contribution < 1.29 is 18.1 Å². The molecule has 1 aromatic rings. The lowest BCUT2D eigenvalue weighted by molar-refractivity contribution is -0.384. The SMILES string of the molecule is C[C@@H]1C[C@@H]1C(=O)NCCNc1ccc(S(C)(=O)=O)cc1[N+](=O)[O-]. The van der Waals surface area contributed by atoms with Crippen LogP contribution in [0.2, 0.25) is 0 Å². The highest BCUT2D eigenvalue weighted by Crippen LogP contribution is 2.37. The van der Waals surface area contributed by atoms with E-state index < -0.39 is 14.8 Å². The highest BCUT2D eigenvalue weighted by atomic mass is 32.2. The van der Waals surface area contributed by atoms with E-state index in [0.29, 0.717) is 19.0 Å². The van der Waals surface area contributed by atoms with Crippen molar-refractivity contribution in [1.29, 1.82) is 0 Å². The van der Waals surface area contributed by atoms with Crippen LogP contribution >= 0.6 is 0 Å². The predicted octanol–water partition coefficient (Wildman–Crippen LogP) is 1.18. The monoisotopic (exact) mass is 341 g/mol. The maximum atomic E-state index is 11.6. The van der Waals surface area contributed by atoms with Crippen molar-refractivity contribution in [3.05, 3.63) is 28.3 Å². The van der Waals surface area contributed by atoms with Gasteiger partial charge in [0.1, 0.15) is 5.69 Å². The summed E-state index contributed by atoms with van der Waals surface area (Å²) in [5.74, 6) is 0.507. The first kappa shape index (κ1) is 17.2. The number of carbonyl (C=O) groups is 1. The van der Waals surface area contributed by atoms with Crippen molar-refractivity contribution in [3.8, 4) is 0 Å². The van der Waals surface area contributed by atoms with Crippen LogP contribution in [-0.4, -0.2) is 38.6 Å². The Morgan fingerprint density at radius 2 is 2.04 bits per heavy atom. The first-order valence-corrected chi connectivity index (χ1v) is 9.09. The average molecular weight is 341 g/mol. The van der Waals surface area contributed by atoms with Crippen molar-refractivity contribution in [2.24, 2.45) is 11.8 Å². The van der Waals surface area contributed by atoms with Crippen molar-refractivity contribution >= 4 is 27.1 Å². The second-order valence-electron chi connectivity index (χ2n) is 5.75. The Morgan fingerprint density at radius 3 is 2.57 bits per heavy atom. The number of nitrogens with zero attached hydrogens (tertiary/aromatic N) is 1. The summed E-state index contributed by atoms with van der Waals surface area (Å²) < 4.78 is 22.9. The highest BCUT2D eigenvalue weighted by molar-refractivity contribution is 7.90. The van der Waals surface area contributed by atoms with Gasteiger partial charge in [-0.3, -0.25) is 14.9 Å². The van der Waals surface area contributed by atoms with Gasteiger partial charge in [0.25, 0.3) is 5.69 Å². The van der Waals surface area contributed by atoms with Gasteiger partial charge in [0.2, 0.25) is 5.91 Å². The molecule has 1 aromatic carbocycles. The zero-order valence-electron chi connectivity index (χ0n) is 12.9. The Labute approximate surface area is 134 Å². The molecule has 1 fully saturated rings. The molecule has 1 saturated carbocycles. The summed E-state index contributed by atoms with van der Waals surface area (Å²) in [6.07, 6.45) is 1.89. The zero-order chi connectivity index (χ0) is 17.2. The van der Waals surface area contributed by atoms with E-state index in [0.717, 1.165) is 18.7 Å². The lowest BCUT2D eigenvalue weighted by Gasteiger charge is -2.09. The molecular weight excluding hydrogens is 322 g/mol. The number of amides is 1. The third-order valence-corrected chi connectivity index (χ3v) is 4.89. The van der Waals surface area contributed by atoms with E-state index in [-0.39, 0.29) is 28.1 Å². The topological polar surface area (TPSA) is 118 Å². The number of nitro groups is 1. The number of benzene rings is 1. The van der Waals surface area contributed by atoms with Gasteiger partial charge in [-0.1, -0.05) is 6.92 Å². The van der Waals surface area contributed by atoms with Crippen LogP contribution in [0.5, 0.6) is 0 Å². The van der Waals surface area contributed by atoms with Crippen molar-refractivity contribution in [1.82, 2.24) is 5.32 Å². The van der Waals surface area contributed by atoms with E-state index in [4.69, 9.17) is 0 Å². The van der Waals surface area contributed by atoms with Crippen LogP contribution in [0.25, 0.3) is 0 Å². The maximum absolute atomic E-state index is 11.6. The van der Waals surface area contributed by atoms with E-state index >= 15 is 0 Å². The van der Waals surface area contributed by atoms with E-state index in [1.54, 1.807) is 0 Å². The van der Waals surface area contributed by atoms with Gasteiger partial charge in [0.15, 0.2) is 9.84 Å². The molecule has 0 heterocycles. The number of rotatable bonds is 7. The fourth-order valence-corrected chi connectivity index (χ4v) is 2.88. The second-order valence-corrected chi connectivity index (χ2v) is 7.76. The quantitative estimate of drug-likeness (QED) is 0.437. The summed E-state index contributed by atoms with van der Waals surface area (Å²) >= 11 is 0. The van der Waals surface area contributed by atoms with Gasteiger partial charge in [-0.15, -0.1) is 0 Å². The van der Waals surface area contributed by atoms with Crippen LogP contribution in [0.1, 0.15) is 13.3 Å². The van der Waals surface area contributed by atoms with E-state index in [2.05, 4.69) is 10.6 Å². The third kappa shape index (κ3) is 4.41. The molecule has 2 rings (SSSR count). The first-order chi connectivity index (χ1) is 10.7. The van der Waals surface area contributed by atoms with Gasteiger partial charge in [-0.25, -0.2) is 8.42 Å². The summed E-state index contributed by atoms with van der Waals surface area (Å²) in [6, 6.07) is 3.70. The Balaban J connectivity index is 1.96. The van der Waals surface area contributed by atoms with Crippen molar-refractivity contribution in [3.63, 3.8) is 0 Å². The highest BCUT2D eigenvalue weighted by Gasteiger charge is 2.38. The Kier molecular flexibility index (Phi) is 4.88. The smallest absolute Gasteiger partial charge is 0.293 e. The fraction of sp³-hybridized carbons (Fsp3) is 0.500.